The van der Waals surface area contributed by atoms with E-state index in [9.17, 15) is 18.5 Å². The summed E-state index contributed by atoms with van der Waals surface area (Å²) in [5.41, 5.74) is 1.29. The Hall–Kier alpha value is -3.37. The second-order valence-corrected chi connectivity index (χ2v) is 8.10. The van der Waals surface area contributed by atoms with Gasteiger partial charge in [-0.3, -0.25) is 10.1 Å². The van der Waals surface area contributed by atoms with Crippen LogP contribution in [0, 0.1) is 17.0 Å². The number of aromatic nitrogens is 2. The van der Waals surface area contributed by atoms with Crippen LogP contribution in [-0.2, 0) is 16.6 Å². The van der Waals surface area contributed by atoms with Gasteiger partial charge in [0.1, 0.15) is 0 Å². The van der Waals surface area contributed by atoms with Crippen molar-refractivity contribution in [2.45, 2.75) is 18.4 Å². The minimum absolute atomic E-state index is 0.0598. The summed E-state index contributed by atoms with van der Waals surface area (Å²) in [5, 5.41) is 15.1. The van der Waals surface area contributed by atoms with E-state index in [1.165, 1.54) is 24.3 Å². The lowest BCUT2D eigenvalue weighted by Crippen LogP contribution is -2.31. The van der Waals surface area contributed by atoms with Crippen LogP contribution in [0.3, 0.4) is 0 Å². The number of hydrogen-bond donors (Lipinski definition) is 0. The van der Waals surface area contributed by atoms with Crippen molar-refractivity contribution in [2.75, 3.05) is 6.54 Å². The zero-order valence-electron chi connectivity index (χ0n) is 15.6. The fourth-order valence-corrected chi connectivity index (χ4v) is 4.16. The molecule has 1 heterocycles. The van der Waals surface area contributed by atoms with Crippen LogP contribution in [0.2, 0.25) is 0 Å². The second kappa shape index (κ2) is 8.33. The average molecular weight is 414 g/mol. The Balaban J connectivity index is 1.92. The Morgan fingerprint density at radius 2 is 1.90 bits per heavy atom. The first-order valence-electron chi connectivity index (χ1n) is 8.57. The smallest absolute Gasteiger partial charge is 0.289 e. The SMILES string of the molecule is C=CCN(Cc1nc(-c2ccc(C)cc2)no1)S(=O)(=O)c1ccccc1[N+](=O)[O-]. The van der Waals surface area contributed by atoms with Gasteiger partial charge in [-0.2, -0.15) is 9.29 Å². The van der Waals surface area contributed by atoms with Gasteiger partial charge in [-0.25, -0.2) is 8.42 Å². The van der Waals surface area contributed by atoms with Crippen LogP contribution in [0.4, 0.5) is 5.69 Å². The molecule has 0 saturated heterocycles. The van der Waals surface area contributed by atoms with Gasteiger partial charge in [-0.1, -0.05) is 53.2 Å². The van der Waals surface area contributed by atoms with E-state index in [-0.39, 0.29) is 19.0 Å². The van der Waals surface area contributed by atoms with Crippen LogP contribution < -0.4 is 0 Å². The largest absolute Gasteiger partial charge is 0.338 e. The van der Waals surface area contributed by atoms with Crippen molar-refractivity contribution in [2.24, 2.45) is 0 Å². The molecule has 10 heteroatoms. The van der Waals surface area contributed by atoms with Gasteiger partial charge in [-0.05, 0) is 13.0 Å². The molecule has 3 rings (SSSR count). The van der Waals surface area contributed by atoms with Crippen molar-refractivity contribution in [3.8, 4) is 11.4 Å². The lowest BCUT2D eigenvalue weighted by atomic mass is 10.1. The molecular weight excluding hydrogens is 396 g/mol. The second-order valence-electron chi connectivity index (χ2n) is 6.19. The summed E-state index contributed by atoms with van der Waals surface area (Å²) in [7, 11) is -4.21. The molecule has 0 saturated carbocycles. The number of benzene rings is 2. The minimum Gasteiger partial charge on any atom is -0.338 e. The molecule has 0 aliphatic heterocycles. The van der Waals surface area contributed by atoms with E-state index < -0.39 is 25.5 Å². The van der Waals surface area contributed by atoms with Gasteiger partial charge in [-0.15, -0.1) is 6.58 Å². The first kappa shape index (κ1) is 20.4. The fraction of sp³-hybridized carbons (Fsp3) is 0.158. The van der Waals surface area contributed by atoms with E-state index in [0.29, 0.717) is 5.82 Å². The molecule has 0 atom stereocenters. The number of rotatable bonds is 8. The number of nitrogens with zero attached hydrogens (tertiary/aromatic N) is 4. The maximum Gasteiger partial charge on any atom is 0.289 e. The summed E-state index contributed by atoms with van der Waals surface area (Å²) in [6, 6.07) is 12.6. The summed E-state index contributed by atoms with van der Waals surface area (Å²) in [4.78, 5) is 14.4. The Labute approximate surface area is 167 Å². The average Bonchev–Trinajstić information content (AvgIpc) is 3.17. The highest BCUT2D eigenvalue weighted by Gasteiger charge is 2.32. The number of para-hydroxylation sites is 1. The molecule has 3 aromatic rings. The van der Waals surface area contributed by atoms with Crippen molar-refractivity contribution in [3.63, 3.8) is 0 Å². The Morgan fingerprint density at radius 1 is 1.21 bits per heavy atom. The molecule has 2 aromatic carbocycles. The molecule has 1 aromatic heterocycles. The quantitative estimate of drug-likeness (QED) is 0.315. The predicted octanol–water partition coefficient (Wildman–Crippen LogP) is 3.33. The molecule has 0 radical (unpaired) electrons. The van der Waals surface area contributed by atoms with Crippen molar-refractivity contribution in [3.05, 3.63) is 82.8 Å². The van der Waals surface area contributed by atoms with Gasteiger partial charge in [0.15, 0.2) is 4.90 Å². The maximum atomic E-state index is 13.1. The topological polar surface area (TPSA) is 119 Å². The van der Waals surface area contributed by atoms with E-state index in [2.05, 4.69) is 16.7 Å². The molecule has 0 bridgehead atoms. The fourth-order valence-electron chi connectivity index (χ4n) is 2.65. The van der Waals surface area contributed by atoms with E-state index in [4.69, 9.17) is 4.52 Å². The van der Waals surface area contributed by atoms with E-state index >= 15 is 0 Å². The van der Waals surface area contributed by atoms with Gasteiger partial charge in [0, 0.05) is 18.2 Å². The van der Waals surface area contributed by atoms with E-state index in [0.717, 1.165) is 21.5 Å². The molecule has 9 nitrogen and oxygen atoms in total. The zero-order valence-corrected chi connectivity index (χ0v) is 16.4. The third-order valence-corrected chi connectivity index (χ3v) is 5.96. The van der Waals surface area contributed by atoms with Crippen LogP contribution in [0.15, 0.2) is 70.6 Å². The summed E-state index contributed by atoms with van der Waals surface area (Å²) in [5.74, 6) is 0.381. The summed E-state index contributed by atoms with van der Waals surface area (Å²) in [6.45, 7) is 5.17. The lowest BCUT2D eigenvalue weighted by molar-refractivity contribution is -0.387. The standard InChI is InChI=1S/C19H18N4O5S/c1-3-12-22(29(26,27)17-7-5-4-6-16(17)23(24)25)13-18-20-19(21-28-18)15-10-8-14(2)9-11-15/h3-11H,1,12-13H2,2H3. The van der Waals surface area contributed by atoms with E-state index in [1.807, 2.05) is 31.2 Å². The molecule has 0 unspecified atom stereocenters. The highest BCUT2D eigenvalue weighted by atomic mass is 32.2. The van der Waals surface area contributed by atoms with Gasteiger partial charge >= 0.3 is 0 Å². The maximum absolute atomic E-state index is 13.1. The van der Waals surface area contributed by atoms with Gasteiger partial charge in [0.2, 0.25) is 11.7 Å². The van der Waals surface area contributed by atoms with Crippen LogP contribution >= 0.6 is 0 Å². The number of hydrogen-bond acceptors (Lipinski definition) is 7. The third-order valence-electron chi connectivity index (χ3n) is 4.10. The van der Waals surface area contributed by atoms with Crippen molar-refractivity contribution in [1.82, 2.24) is 14.4 Å². The number of nitro benzene ring substituents is 1. The monoisotopic (exact) mass is 414 g/mol. The number of aryl methyl sites for hydroxylation is 1. The lowest BCUT2D eigenvalue weighted by Gasteiger charge is -2.18. The molecule has 0 N–H and O–H groups in total. The Morgan fingerprint density at radius 3 is 2.55 bits per heavy atom. The molecule has 0 amide bonds. The molecule has 150 valence electrons. The third kappa shape index (κ3) is 4.39. The van der Waals surface area contributed by atoms with E-state index in [1.54, 1.807) is 0 Å². The molecule has 29 heavy (non-hydrogen) atoms. The zero-order chi connectivity index (χ0) is 21.0. The van der Waals surface area contributed by atoms with Crippen LogP contribution in [0.1, 0.15) is 11.5 Å². The first-order chi connectivity index (χ1) is 13.8. The molecule has 0 aliphatic rings. The summed E-state index contributed by atoms with van der Waals surface area (Å²) < 4.78 is 32.3. The molecule has 0 spiro atoms. The summed E-state index contributed by atoms with van der Waals surface area (Å²) >= 11 is 0. The first-order valence-corrected chi connectivity index (χ1v) is 10.0. The van der Waals surface area contributed by atoms with Crippen molar-refractivity contribution < 1.29 is 17.9 Å². The molecule has 0 fully saturated rings. The van der Waals surface area contributed by atoms with Gasteiger partial charge in [0.05, 0.1) is 11.5 Å². The summed E-state index contributed by atoms with van der Waals surface area (Å²) in [6.07, 6.45) is 1.38. The van der Waals surface area contributed by atoms with Crippen LogP contribution in [0.25, 0.3) is 11.4 Å². The highest BCUT2D eigenvalue weighted by molar-refractivity contribution is 7.89. The van der Waals surface area contributed by atoms with Crippen molar-refractivity contribution in [1.29, 1.82) is 0 Å². The van der Waals surface area contributed by atoms with Crippen LogP contribution in [0.5, 0.6) is 0 Å². The number of sulfonamides is 1. The number of nitro groups is 1. The Bertz CT molecular complexity index is 1140. The normalized spacial score (nSPS) is 11.5. The predicted molar refractivity (Wildman–Crippen MR) is 105 cm³/mol. The highest BCUT2D eigenvalue weighted by Crippen LogP contribution is 2.27. The van der Waals surface area contributed by atoms with Crippen molar-refractivity contribution >= 4 is 15.7 Å². The Kier molecular flexibility index (Phi) is 5.85. The van der Waals surface area contributed by atoms with Gasteiger partial charge in [0.25, 0.3) is 15.7 Å². The van der Waals surface area contributed by atoms with Crippen LogP contribution in [-0.4, -0.2) is 34.3 Å². The minimum atomic E-state index is -4.21. The van der Waals surface area contributed by atoms with Gasteiger partial charge < -0.3 is 4.52 Å². The molecule has 0 aliphatic carbocycles. The molecular formula is C19H18N4O5S.